The van der Waals surface area contributed by atoms with Crippen molar-refractivity contribution >= 4 is 17.7 Å². The molecule has 1 aliphatic carbocycles. The van der Waals surface area contributed by atoms with Crippen LogP contribution < -0.4 is 5.32 Å². The second-order valence-electron chi connectivity index (χ2n) is 6.49. The maximum absolute atomic E-state index is 12.8. The van der Waals surface area contributed by atoms with Gasteiger partial charge in [-0.2, -0.15) is 11.8 Å². The molecule has 1 saturated carbocycles. The van der Waals surface area contributed by atoms with Gasteiger partial charge in [0.05, 0.1) is 0 Å². The van der Waals surface area contributed by atoms with Gasteiger partial charge in [0.2, 0.25) is 5.91 Å². The summed E-state index contributed by atoms with van der Waals surface area (Å²) in [6.07, 6.45) is 4.55. The lowest BCUT2D eigenvalue weighted by atomic mass is 9.85. The average molecular weight is 318 g/mol. The van der Waals surface area contributed by atoms with Crippen LogP contribution in [0.15, 0.2) is 30.3 Å². The maximum Gasteiger partial charge on any atom is 0.224 e. The number of thioether (sulfide) groups is 1. The quantitative estimate of drug-likeness (QED) is 0.875. The molecular formula is C18H26N2OS. The van der Waals surface area contributed by atoms with E-state index in [9.17, 15) is 4.79 Å². The minimum Gasteiger partial charge on any atom is -0.338 e. The molecule has 1 unspecified atom stereocenters. The van der Waals surface area contributed by atoms with Crippen molar-refractivity contribution in [3.05, 3.63) is 35.9 Å². The Morgan fingerprint density at radius 2 is 2.09 bits per heavy atom. The van der Waals surface area contributed by atoms with Gasteiger partial charge < -0.3 is 10.2 Å². The summed E-state index contributed by atoms with van der Waals surface area (Å²) in [5.74, 6) is 3.27. The van der Waals surface area contributed by atoms with Gasteiger partial charge in [-0.05, 0) is 24.3 Å². The Balaban J connectivity index is 1.59. The molecule has 1 atom stereocenters. The van der Waals surface area contributed by atoms with Gasteiger partial charge in [0, 0.05) is 43.6 Å². The second kappa shape index (κ2) is 8.02. The molecule has 0 aromatic heterocycles. The number of carbonyl (C=O) groups is 1. The monoisotopic (exact) mass is 318 g/mol. The highest BCUT2D eigenvalue weighted by Gasteiger charge is 2.26. The lowest BCUT2D eigenvalue weighted by molar-refractivity contribution is -0.133. The fourth-order valence-electron chi connectivity index (χ4n) is 3.14. The van der Waals surface area contributed by atoms with E-state index < -0.39 is 0 Å². The van der Waals surface area contributed by atoms with Crippen LogP contribution in [-0.2, 0) is 11.3 Å². The summed E-state index contributed by atoms with van der Waals surface area (Å²) in [7, 11) is 0. The lowest BCUT2D eigenvalue weighted by Crippen LogP contribution is -2.44. The third kappa shape index (κ3) is 4.50. The molecular weight excluding hydrogens is 292 g/mol. The van der Waals surface area contributed by atoms with E-state index in [1.54, 1.807) is 0 Å². The summed E-state index contributed by atoms with van der Waals surface area (Å²) in [5, 5.41) is 3.48. The minimum absolute atomic E-state index is 0.316. The number of benzene rings is 1. The number of nitrogens with one attached hydrogen (secondary N) is 1. The zero-order valence-electron chi connectivity index (χ0n) is 13.2. The van der Waals surface area contributed by atoms with E-state index in [2.05, 4.69) is 34.5 Å². The van der Waals surface area contributed by atoms with Gasteiger partial charge >= 0.3 is 0 Å². The molecule has 3 nitrogen and oxygen atoms in total. The molecule has 1 aromatic rings. The van der Waals surface area contributed by atoms with Gasteiger partial charge in [0.25, 0.3) is 0 Å². The van der Waals surface area contributed by atoms with E-state index in [-0.39, 0.29) is 0 Å². The van der Waals surface area contributed by atoms with E-state index in [1.807, 2.05) is 17.8 Å². The summed E-state index contributed by atoms with van der Waals surface area (Å²) < 4.78 is 0. The number of rotatable bonds is 6. The first-order valence-corrected chi connectivity index (χ1v) is 9.59. The second-order valence-corrected chi connectivity index (χ2v) is 7.64. The zero-order valence-corrected chi connectivity index (χ0v) is 14.0. The molecule has 120 valence electrons. The normalized spacial score (nSPS) is 22.1. The molecule has 1 amide bonds. The molecule has 1 N–H and O–H groups in total. The van der Waals surface area contributed by atoms with E-state index in [1.165, 1.54) is 30.6 Å². The van der Waals surface area contributed by atoms with Crippen molar-refractivity contribution in [2.45, 2.75) is 38.3 Å². The Morgan fingerprint density at radius 3 is 2.73 bits per heavy atom. The Morgan fingerprint density at radius 1 is 1.27 bits per heavy atom. The smallest absolute Gasteiger partial charge is 0.224 e. The summed E-state index contributed by atoms with van der Waals surface area (Å²) >= 11 is 1.96. The van der Waals surface area contributed by atoms with Crippen LogP contribution in [0.2, 0.25) is 0 Å². The van der Waals surface area contributed by atoms with E-state index in [0.29, 0.717) is 18.4 Å². The maximum atomic E-state index is 12.8. The van der Waals surface area contributed by atoms with Crippen LogP contribution in [0.5, 0.6) is 0 Å². The SMILES string of the molecule is O=C(CC1CSCCN1)N(Cc1ccccc1)CC1CCC1. The molecule has 1 aliphatic heterocycles. The fraction of sp³-hybridized carbons (Fsp3) is 0.611. The van der Waals surface area contributed by atoms with Crippen LogP contribution in [-0.4, -0.2) is 41.4 Å². The number of amides is 1. The Kier molecular flexibility index (Phi) is 5.79. The van der Waals surface area contributed by atoms with Crippen LogP contribution in [0.4, 0.5) is 0 Å². The molecule has 2 aliphatic rings. The van der Waals surface area contributed by atoms with Gasteiger partial charge in [-0.1, -0.05) is 36.8 Å². The number of nitrogens with zero attached hydrogens (tertiary/aromatic N) is 1. The summed E-state index contributed by atoms with van der Waals surface area (Å²) in [6, 6.07) is 10.7. The Bertz CT molecular complexity index is 469. The minimum atomic E-state index is 0.316. The van der Waals surface area contributed by atoms with E-state index in [4.69, 9.17) is 0 Å². The largest absolute Gasteiger partial charge is 0.338 e. The molecule has 0 bridgehead atoms. The van der Waals surface area contributed by atoms with Crippen molar-refractivity contribution in [3.63, 3.8) is 0 Å². The summed E-state index contributed by atoms with van der Waals surface area (Å²) in [5.41, 5.74) is 1.24. The number of hydrogen-bond donors (Lipinski definition) is 1. The molecule has 0 spiro atoms. The van der Waals surface area contributed by atoms with Crippen molar-refractivity contribution in [2.75, 3.05) is 24.6 Å². The van der Waals surface area contributed by atoms with Gasteiger partial charge in [-0.15, -0.1) is 0 Å². The summed E-state index contributed by atoms with van der Waals surface area (Å²) in [6.45, 7) is 2.73. The highest BCUT2D eigenvalue weighted by atomic mass is 32.2. The molecule has 1 aromatic carbocycles. The molecule has 22 heavy (non-hydrogen) atoms. The molecule has 1 heterocycles. The highest BCUT2D eigenvalue weighted by Crippen LogP contribution is 2.28. The van der Waals surface area contributed by atoms with Crippen LogP contribution in [0.25, 0.3) is 0 Å². The predicted molar refractivity (Wildman–Crippen MR) is 92.9 cm³/mol. The van der Waals surface area contributed by atoms with E-state index in [0.717, 1.165) is 31.3 Å². The first-order chi connectivity index (χ1) is 10.8. The van der Waals surface area contributed by atoms with Crippen LogP contribution >= 0.6 is 11.8 Å². The van der Waals surface area contributed by atoms with Crippen LogP contribution in [0, 0.1) is 5.92 Å². The van der Waals surface area contributed by atoms with Crippen molar-refractivity contribution in [1.29, 1.82) is 0 Å². The molecule has 2 fully saturated rings. The number of hydrogen-bond acceptors (Lipinski definition) is 3. The molecule has 3 rings (SSSR count). The Hall–Kier alpha value is -1.00. The standard InChI is InChI=1S/C18H26N2OS/c21-18(11-17-14-22-10-9-19-17)20(13-16-7-4-8-16)12-15-5-2-1-3-6-15/h1-3,5-6,16-17,19H,4,7-14H2. The van der Waals surface area contributed by atoms with Gasteiger partial charge in [0.1, 0.15) is 0 Å². The van der Waals surface area contributed by atoms with Crippen LogP contribution in [0.1, 0.15) is 31.2 Å². The fourth-order valence-corrected chi connectivity index (χ4v) is 4.09. The third-order valence-electron chi connectivity index (χ3n) is 4.69. The average Bonchev–Trinajstić information content (AvgIpc) is 2.51. The van der Waals surface area contributed by atoms with E-state index >= 15 is 0 Å². The van der Waals surface area contributed by atoms with Crippen molar-refractivity contribution in [3.8, 4) is 0 Å². The lowest BCUT2D eigenvalue weighted by Gasteiger charge is -2.34. The zero-order chi connectivity index (χ0) is 15.2. The first kappa shape index (κ1) is 15.9. The Labute approximate surface area is 137 Å². The van der Waals surface area contributed by atoms with Crippen molar-refractivity contribution in [2.24, 2.45) is 5.92 Å². The predicted octanol–water partition coefficient (Wildman–Crippen LogP) is 2.91. The number of carbonyl (C=O) groups excluding carboxylic acids is 1. The molecule has 4 heteroatoms. The topological polar surface area (TPSA) is 32.3 Å². The molecule has 1 saturated heterocycles. The summed E-state index contributed by atoms with van der Waals surface area (Å²) in [4.78, 5) is 14.9. The first-order valence-electron chi connectivity index (χ1n) is 8.44. The van der Waals surface area contributed by atoms with Gasteiger partial charge in [0.15, 0.2) is 0 Å². The van der Waals surface area contributed by atoms with Gasteiger partial charge in [-0.25, -0.2) is 0 Å². The molecule has 0 radical (unpaired) electrons. The third-order valence-corrected chi connectivity index (χ3v) is 5.82. The van der Waals surface area contributed by atoms with Gasteiger partial charge in [-0.3, -0.25) is 4.79 Å². The highest BCUT2D eigenvalue weighted by molar-refractivity contribution is 7.99. The van der Waals surface area contributed by atoms with Crippen LogP contribution in [0.3, 0.4) is 0 Å². The van der Waals surface area contributed by atoms with Crippen molar-refractivity contribution < 1.29 is 4.79 Å². The van der Waals surface area contributed by atoms with Crippen molar-refractivity contribution in [1.82, 2.24) is 10.2 Å².